The van der Waals surface area contributed by atoms with Crippen molar-refractivity contribution < 1.29 is 13.0 Å². The third kappa shape index (κ3) is 16.1. The normalized spacial score (nSPS) is 11.3. The molecule has 4 N–H and O–H groups in total. The molecule has 0 aromatic heterocycles. The molecule has 0 amide bonds. The molecule has 0 saturated heterocycles. The summed E-state index contributed by atoms with van der Waals surface area (Å²) in [5.74, 6) is 0. The molecule has 0 bridgehead atoms. The van der Waals surface area contributed by atoms with E-state index in [1.807, 2.05) is 0 Å². The van der Waals surface area contributed by atoms with Crippen LogP contribution < -0.4 is 11.1 Å². The Bertz CT molecular complexity index is 669. The third-order valence-corrected chi connectivity index (χ3v) is 6.52. The van der Waals surface area contributed by atoms with Crippen molar-refractivity contribution in [3.05, 3.63) is 18.2 Å². The number of hydrogen-bond acceptors (Lipinski definition) is 4. The smallest absolute Gasteiger partial charge is 0.294 e. The maximum absolute atomic E-state index is 11.1. The van der Waals surface area contributed by atoms with Gasteiger partial charge in [0.15, 0.2) is 0 Å². The first kappa shape index (κ1) is 30.7. The Kier molecular flexibility index (Phi) is 19.1. The molecular weight excluding hydrogens is 419 g/mol. The van der Waals surface area contributed by atoms with Crippen molar-refractivity contribution in [1.29, 1.82) is 0 Å². The van der Waals surface area contributed by atoms with Crippen molar-refractivity contribution >= 4 is 51.1 Å². The molecule has 1 radical (unpaired) electrons. The number of rotatable bonds is 19. The van der Waals surface area contributed by atoms with Crippen LogP contribution in [0.25, 0.3) is 0 Å². The van der Waals surface area contributed by atoms with Crippen LogP contribution in [0, 0.1) is 0 Å². The summed E-state index contributed by atoms with van der Waals surface area (Å²) in [5, 5.41) is 3.24. The standard InChI is InChI=1S/C24H44N2O3S.Na/c1-2-3-4-5-6-7-8-9-10-11-12-13-14-15-16-17-20-26-24-19-18-22(21-23(24)25)30(27,28)29;/h18-19,21,26H,2-17,20,25H2,1H3,(H,27,28,29);. The second-order valence-corrected chi connectivity index (χ2v) is 9.88. The minimum atomic E-state index is -4.20. The van der Waals surface area contributed by atoms with E-state index in [0.717, 1.165) is 13.0 Å². The zero-order valence-electron chi connectivity index (χ0n) is 20.0. The quantitative estimate of drug-likeness (QED) is 0.0907. The fourth-order valence-electron chi connectivity index (χ4n) is 3.76. The zero-order chi connectivity index (χ0) is 22.1. The molecule has 1 rings (SSSR count). The number of nitrogen functional groups attached to an aromatic ring is 1. The molecule has 0 fully saturated rings. The SMILES string of the molecule is CCCCCCCCCCCCCCCCCCNc1ccc(S(=O)(=O)O)cc1N.[Na]. The summed E-state index contributed by atoms with van der Waals surface area (Å²) in [5.41, 5.74) is 6.90. The first-order chi connectivity index (χ1) is 14.4. The van der Waals surface area contributed by atoms with Gasteiger partial charge in [0.25, 0.3) is 10.1 Å². The molecule has 31 heavy (non-hydrogen) atoms. The Morgan fingerprint density at radius 1 is 0.774 bits per heavy atom. The van der Waals surface area contributed by atoms with E-state index < -0.39 is 10.1 Å². The van der Waals surface area contributed by atoms with Gasteiger partial charge in [-0.3, -0.25) is 4.55 Å². The van der Waals surface area contributed by atoms with Crippen molar-refractivity contribution in [2.24, 2.45) is 0 Å². The Morgan fingerprint density at radius 2 is 1.19 bits per heavy atom. The van der Waals surface area contributed by atoms with E-state index in [-0.39, 0.29) is 34.5 Å². The minimum Gasteiger partial charge on any atom is -0.397 e. The van der Waals surface area contributed by atoms with Crippen molar-refractivity contribution in [2.75, 3.05) is 17.6 Å². The second kappa shape index (κ2) is 19.2. The van der Waals surface area contributed by atoms with Crippen molar-refractivity contribution in [3.8, 4) is 0 Å². The zero-order valence-corrected chi connectivity index (χ0v) is 22.8. The molecule has 0 heterocycles. The number of benzene rings is 1. The molecule has 1 aromatic carbocycles. The van der Waals surface area contributed by atoms with Crippen molar-refractivity contribution in [1.82, 2.24) is 0 Å². The van der Waals surface area contributed by atoms with Gasteiger partial charge in [0.2, 0.25) is 0 Å². The van der Waals surface area contributed by atoms with Crippen molar-refractivity contribution in [3.63, 3.8) is 0 Å². The Labute approximate surface area is 213 Å². The van der Waals surface area contributed by atoms with Crippen LogP contribution >= 0.6 is 0 Å². The third-order valence-electron chi connectivity index (χ3n) is 5.67. The van der Waals surface area contributed by atoms with Gasteiger partial charge in [-0.2, -0.15) is 8.42 Å². The van der Waals surface area contributed by atoms with Crippen LogP contribution in [0.2, 0.25) is 0 Å². The van der Waals surface area contributed by atoms with E-state index in [1.54, 1.807) is 6.07 Å². The summed E-state index contributed by atoms with van der Waals surface area (Å²) in [6.45, 7) is 3.08. The van der Waals surface area contributed by atoms with E-state index in [9.17, 15) is 8.42 Å². The van der Waals surface area contributed by atoms with Crippen LogP contribution in [0.5, 0.6) is 0 Å². The Balaban J connectivity index is 0.00000900. The first-order valence-electron chi connectivity index (χ1n) is 12.1. The molecular formula is C24H44N2NaO3S. The van der Waals surface area contributed by atoms with Gasteiger partial charge in [-0.05, 0) is 24.6 Å². The fraction of sp³-hybridized carbons (Fsp3) is 0.750. The maximum Gasteiger partial charge on any atom is 0.294 e. The minimum absolute atomic E-state index is 0. The summed E-state index contributed by atoms with van der Waals surface area (Å²) in [7, 11) is -4.20. The van der Waals surface area contributed by atoms with Crippen LogP contribution in [0.15, 0.2) is 23.1 Å². The van der Waals surface area contributed by atoms with E-state index in [2.05, 4.69) is 12.2 Å². The van der Waals surface area contributed by atoms with Gasteiger partial charge in [-0.25, -0.2) is 0 Å². The summed E-state index contributed by atoms with van der Waals surface area (Å²) >= 11 is 0. The average molecular weight is 464 g/mol. The predicted molar refractivity (Wildman–Crippen MR) is 134 cm³/mol. The van der Waals surface area contributed by atoms with E-state index in [1.165, 1.54) is 108 Å². The van der Waals surface area contributed by atoms with E-state index in [4.69, 9.17) is 10.3 Å². The fourth-order valence-corrected chi connectivity index (χ4v) is 4.27. The number of unbranched alkanes of at least 4 members (excludes halogenated alkanes) is 15. The van der Waals surface area contributed by atoms with Gasteiger partial charge in [0.05, 0.1) is 16.3 Å². The predicted octanol–water partition coefficient (Wildman–Crippen LogP) is 6.81. The molecule has 5 nitrogen and oxygen atoms in total. The molecule has 175 valence electrons. The van der Waals surface area contributed by atoms with Crippen LogP contribution in [0.1, 0.15) is 110 Å². The molecule has 0 aliphatic heterocycles. The average Bonchev–Trinajstić information content (AvgIpc) is 2.70. The Hall–Kier alpha value is -0.270. The molecule has 7 heteroatoms. The number of anilines is 2. The van der Waals surface area contributed by atoms with Gasteiger partial charge < -0.3 is 11.1 Å². The molecule has 1 aromatic rings. The summed E-state index contributed by atoms with van der Waals surface area (Å²) in [6, 6.07) is 4.25. The monoisotopic (exact) mass is 463 g/mol. The summed E-state index contributed by atoms with van der Waals surface area (Å²) in [6.07, 6.45) is 21.6. The van der Waals surface area contributed by atoms with Gasteiger partial charge in [0.1, 0.15) is 0 Å². The van der Waals surface area contributed by atoms with E-state index in [0.29, 0.717) is 11.4 Å². The number of nitrogens with one attached hydrogen (secondary N) is 1. The van der Waals surface area contributed by atoms with Crippen LogP contribution in [0.3, 0.4) is 0 Å². The maximum atomic E-state index is 11.1. The molecule has 0 saturated carbocycles. The van der Waals surface area contributed by atoms with Crippen LogP contribution in [-0.4, -0.2) is 49.1 Å². The first-order valence-corrected chi connectivity index (χ1v) is 13.5. The molecule has 0 atom stereocenters. The van der Waals surface area contributed by atoms with Crippen molar-refractivity contribution in [2.45, 2.75) is 115 Å². The largest absolute Gasteiger partial charge is 0.397 e. The Morgan fingerprint density at radius 3 is 1.58 bits per heavy atom. The number of nitrogens with two attached hydrogens (primary N) is 1. The van der Waals surface area contributed by atoms with Gasteiger partial charge in [-0.15, -0.1) is 0 Å². The summed E-state index contributed by atoms with van der Waals surface area (Å²) < 4.78 is 31.2. The molecule has 0 spiro atoms. The second-order valence-electron chi connectivity index (χ2n) is 8.45. The molecule has 0 aliphatic carbocycles. The van der Waals surface area contributed by atoms with Gasteiger partial charge in [-0.1, -0.05) is 103 Å². The van der Waals surface area contributed by atoms with Crippen LogP contribution in [0.4, 0.5) is 11.4 Å². The molecule has 0 unspecified atom stereocenters. The van der Waals surface area contributed by atoms with Gasteiger partial charge in [0, 0.05) is 36.1 Å². The summed E-state index contributed by atoms with van der Waals surface area (Å²) in [4.78, 5) is -0.173. The van der Waals surface area contributed by atoms with Gasteiger partial charge >= 0.3 is 0 Å². The van der Waals surface area contributed by atoms with E-state index >= 15 is 0 Å². The van der Waals surface area contributed by atoms with Crippen LogP contribution in [-0.2, 0) is 10.1 Å². The molecule has 0 aliphatic rings. The topological polar surface area (TPSA) is 92.4 Å². The number of hydrogen-bond donors (Lipinski definition) is 3.